The lowest BCUT2D eigenvalue weighted by Gasteiger charge is -2.23. The molecule has 0 aliphatic heterocycles. The number of nitrogen functional groups attached to an aromatic ring is 1. The number of esters is 1. The summed E-state index contributed by atoms with van der Waals surface area (Å²) in [5.74, 6) is 1.92. The molecular formula is C25H23N5O3. The number of methoxy groups -OCH3 is 1. The van der Waals surface area contributed by atoms with E-state index in [9.17, 15) is 4.79 Å². The van der Waals surface area contributed by atoms with Crippen molar-refractivity contribution < 1.29 is 14.3 Å². The molecule has 0 fully saturated rings. The minimum absolute atomic E-state index is 0.337. The van der Waals surface area contributed by atoms with Gasteiger partial charge in [0, 0.05) is 12.7 Å². The smallest absolute Gasteiger partial charge is 0.339 e. The molecule has 8 heteroatoms. The Balaban J connectivity index is 1.55. The topological polar surface area (TPSA) is 103 Å². The number of para-hydroxylation sites is 2. The number of hydrogen-bond acceptors (Lipinski definition) is 8. The summed E-state index contributed by atoms with van der Waals surface area (Å²) in [6.45, 7) is 0. The number of carbonyl (C=O) groups excluding carboxylic acids is 1. The molecule has 166 valence electrons. The number of carbonyl (C=O) groups is 1. The van der Waals surface area contributed by atoms with Crippen molar-refractivity contribution in [3.63, 3.8) is 0 Å². The molecule has 1 heterocycles. The van der Waals surface area contributed by atoms with Crippen LogP contribution in [0, 0.1) is 0 Å². The number of aromatic nitrogens is 2. The summed E-state index contributed by atoms with van der Waals surface area (Å²) in [5.41, 5.74) is 8.53. The van der Waals surface area contributed by atoms with Gasteiger partial charge >= 0.3 is 5.97 Å². The number of hydrogen-bond donors (Lipinski definition) is 2. The lowest BCUT2D eigenvalue weighted by molar-refractivity contribution is 0.0601. The first-order valence-corrected chi connectivity index (χ1v) is 10.2. The van der Waals surface area contributed by atoms with Crippen LogP contribution in [0.2, 0.25) is 0 Å². The molecule has 0 bridgehead atoms. The van der Waals surface area contributed by atoms with Gasteiger partial charge in [0.05, 0.1) is 18.4 Å². The summed E-state index contributed by atoms with van der Waals surface area (Å²) < 4.78 is 10.7. The van der Waals surface area contributed by atoms with Gasteiger partial charge in [0.2, 0.25) is 0 Å². The van der Waals surface area contributed by atoms with Gasteiger partial charge < -0.3 is 25.4 Å². The Morgan fingerprint density at radius 1 is 0.909 bits per heavy atom. The van der Waals surface area contributed by atoms with Crippen molar-refractivity contribution in [2.24, 2.45) is 0 Å². The molecule has 1 aromatic heterocycles. The lowest BCUT2D eigenvalue weighted by Crippen LogP contribution is -2.18. The van der Waals surface area contributed by atoms with Gasteiger partial charge in [0.25, 0.3) is 0 Å². The van der Waals surface area contributed by atoms with E-state index in [0.717, 1.165) is 11.4 Å². The molecule has 0 atom stereocenters. The molecule has 0 aliphatic rings. The maximum atomic E-state index is 12.2. The first-order chi connectivity index (χ1) is 16.1. The standard InChI is InChI=1S/C25H23N5O3/c1-30(21-11-7-6-10-20(21)25(31)32-2)24-22(26)23(27-16-28-24)29-17-12-14-19(15-13-17)33-18-8-4-3-5-9-18/h3-16H,26H2,1-2H3,(H,27,28,29). The third kappa shape index (κ3) is 4.85. The number of nitrogens with one attached hydrogen (secondary N) is 1. The Morgan fingerprint density at radius 3 is 2.30 bits per heavy atom. The summed E-state index contributed by atoms with van der Waals surface area (Å²) in [4.78, 5) is 22.5. The van der Waals surface area contributed by atoms with E-state index in [1.165, 1.54) is 13.4 Å². The molecule has 0 saturated carbocycles. The van der Waals surface area contributed by atoms with Crippen molar-refractivity contribution in [2.45, 2.75) is 0 Å². The van der Waals surface area contributed by atoms with Gasteiger partial charge in [-0.15, -0.1) is 0 Å². The molecule has 0 spiro atoms. The summed E-state index contributed by atoms with van der Waals surface area (Å²) in [7, 11) is 3.12. The number of benzene rings is 3. The Kier molecular flexibility index (Phi) is 6.36. The third-order valence-electron chi connectivity index (χ3n) is 4.95. The second-order valence-electron chi connectivity index (χ2n) is 7.09. The second-order valence-corrected chi connectivity index (χ2v) is 7.09. The van der Waals surface area contributed by atoms with Crippen LogP contribution in [-0.2, 0) is 4.74 Å². The van der Waals surface area contributed by atoms with Crippen LogP contribution in [0.5, 0.6) is 11.5 Å². The molecule has 0 unspecified atom stereocenters. The molecule has 8 nitrogen and oxygen atoms in total. The van der Waals surface area contributed by atoms with E-state index in [0.29, 0.717) is 34.3 Å². The largest absolute Gasteiger partial charge is 0.465 e. The van der Waals surface area contributed by atoms with Crippen LogP contribution in [0.4, 0.5) is 28.7 Å². The van der Waals surface area contributed by atoms with Crippen molar-refractivity contribution >= 4 is 34.7 Å². The van der Waals surface area contributed by atoms with E-state index in [2.05, 4.69) is 15.3 Å². The zero-order valence-corrected chi connectivity index (χ0v) is 18.2. The molecule has 4 rings (SSSR count). The van der Waals surface area contributed by atoms with Crippen LogP contribution in [0.15, 0.2) is 85.2 Å². The van der Waals surface area contributed by atoms with Gasteiger partial charge in [-0.25, -0.2) is 14.8 Å². The van der Waals surface area contributed by atoms with Crippen molar-refractivity contribution in [2.75, 3.05) is 30.1 Å². The number of nitrogens with zero attached hydrogens (tertiary/aromatic N) is 3. The summed E-state index contributed by atoms with van der Waals surface area (Å²) in [6, 6.07) is 24.1. The van der Waals surface area contributed by atoms with Crippen LogP contribution in [-0.4, -0.2) is 30.1 Å². The predicted octanol–water partition coefficient (Wildman–Crippen LogP) is 5.15. The number of anilines is 5. The normalized spacial score (nSPS) is 10.4. The van der Waals surface area contributed by atoms with Gasteiger partial charge in [-0.05, 0) is 48.5 Å². The maximum Gasteiger partial charge on any atom is 0.339 e. The van der Waals surface area contributed by atoms with Crippen LogP contribution in [0.3, 0.4) is 0 Å². The fourth-order valence-electron chi connectivity index (χ4n) is 3.28. The average Bonchev–Trinajstić information content (AvgIpc) is 2.86. The average molecular weight is 441 g/mol. The van der Waals surface area contributed by atoms with E-state index >= 15 is 0 Å². The van der Waals surface area contributed by atoms with E-state index in [-0.39, 0.29) is 0 Å². The van der Waals surface area contributed by atoms with Gasteiger partial charge in [-0.2, -0.15) is 0 Å². The first-order valence-electron chi connectivity index (χ1n) is 10.2. The Hall–Kier alpha value is -4.59. The summed E-state index contributed by atoms with van der Waals surface area (Å²) >= 11 is 0. The molecule has 0 amide bonds. The van der Waals surface area contributed by atoms with E-state index in [1.54, 1.807) is 30.1 Å². The van der Waals surface area contributed by atoms with Gasteiger partial charge in [0.15, 0.2) is 11.6 Å². The molecule has 3 N–H and O–H groups in total. The Labute approximate surface area is 191 Å². The molecule has 0 aliphatic carbocycles. The highest BCUT2D eigenvalue weighted by Gasteiger charge is 2.19. The van der Waals surface area contributed by atoms with Crippen molar-refractivity contribution in [3.05, 3.63) is 90.8 Å². The van der Waals surface area contributed by atoms with Crippen molar-refractivity contribution in [3.8, 4) is 11.5 Å². The highest BCUT2D eigenvalue weighted by Crippen LogP contribution is 2.34. The Morgan fingerprint density at radius 2 is 1.58 bits per heavy atom. The van der Waals surface area contributed by atoms with E-state index in [4.69, 9.17) is 15.2 Å². The predicted molar refractivity (Wildman–Crippen MR) is 129 cm³/mol. The second kappa shape index (κ2) is 9.69. The minimum Gasteiger partial charge on any atom is -0.465 e. The number of ether oxygens (including phenoxy) is 2. The maximum absolute atomic E-state index is 12.2. The first kappa shape index (κ1) is 21.6. The molecule has 4 aromatic rings. The zero-order chi connectivity index (χ0) is 23.2. The summed E-state index contributed by atoms with van der Waals surface area (Å²) in [5, 5.41) is 3.21. The highest BCUT2D eigenvalue weighted by molar-refractivity contribution is 5.97. The number of rotatable bonds is 7. The van der Waals surface area contributed by atoms with Crippen LogP contribution < -0.4 is 20.7 Å². The van der Waals surface area contributed by atoms with Crippen molar-refractivity contribution in [1.29, 1.82) is 0 Å². The van der Waals surface area contributed by atoms with Crippen LogP contribution in [0.1, 0.15) is 10.4 Å². The highest BCUT2D eigenvalue weighted by atomic mass is 16.5. The molecular weight excluding hydrogens is 418 g/mol. The number of nitrogens with two attached hydrogens (primary N) is 1. The lowest BCUT2D eigenvalue weighted by atomic mass is 10.1. The molecule has 0 saturated heterocycles. The monoisotopic (exact) mass is 441 g/mol. The fourth-order valence-corrected chi connectivity index (χ4v) is 3.28. The van der Waals surface area contributed by atoms with Crippen LogP contribution in [0.25, 0.3) is 0 Å². The quantitative estimate of drug-likeness (QED) is 0.380. The van der Waals surface area contributed by atoms with E-state index < -0.39 is 5.97 Å². The van der Waals surface area contributed by atoms with Gasteiger partial charge in [-0.3, -0.25) is 0 Å². The SMILES string of the molecule is COC(=O)c1ccccc1N(C)c1ncnc(Nc2ccc(Oc3ccccc3)cc2)c1N. The third-order valence-corrected chi connectivity index (χ3v) is 4.95. The van der Waals surface area contributed by atoms with Gasteiger partial charge in [-0.1, -0.05) is 30.3 Å². The van der Waals surface area contributed by atoms with Gasteiger partial charge in [0.1, 0.15) is 23.5 Å². The van der Waals surface area contributed by atoms with Crippen LogP contribution >= 0.6 is 0 Å². The zero-order valence-electron chi connectivity index (χ0n) is 18.2. The molecule has 0 radical (unpaired) electrons. The molecule has 3 aromatic carbocycles. The summed E-state index contributed by atoms with van der Waals surface area (Å²) in [6.07, 6.45) is 1.41. The molecule has 33 heavy (non-hydrogen) atoms. The van der Waals surface area contributed by atoms with Crippen molar-refractivity contribution in [1.82, 2.24) is 9.97 Å². The fraction of sp³-hybridized carbons (Fsp3) is 0.0800. The van der Waals surface area contributed by atoms with E-state index in [1.807, 2.05) is 60.7 Å². The minimum atomic E-state index is -0.443. The Bertz CT molecular complexity index is 1250.